The highest BCUT2D eigenvalue weighted by molar-refractivity contribution is 4.52. The van der Waals surface area contributed by atoms with Crippen LogP contribution in [0.15, 0.2) is 0 Å². The Balaban J connectivity index is 2.93. The lowest BCUT2D eigenvalue weighted by Gasteiger charge is -2.07. The summed E-state index contributed by atoms with van der Waals surface area (Å²) in [5.41, 5.74) is 0. The van der Waals surface area contributed by atoms with E-state index in [1.807, 2.05) is 0 Å². The van der Waals surface area contributed by atoms with Gasteiger partial charge in [0.25, 0.3) is 0 Å². The summed E-state index contributed by atoms with van der Waals surface area (Å²) in [4.78, 5) is 0. The van der Waals surface area contributed by atoms with Crippen LogP contribution >= 0.6 is 0 Å². The standard InChI is InChI=1S/C15H32O/c1-3-15(2)13-11-9-7-5-4-6-8-10-12-14-16/h15-16H,3-14H2,1-2H3. The van der Waals surface area contributed by atoms with Crippen molar-refractivity contribution in [1.82, 2.24) is 0 Å². The number of aliphatic hydroxyl groups excluding tert-OH is 1. The van der Waals surface area contributed by atoms with Crippen LogP contribution in [0, 0.1) is 5.92 Å². The molecule has 16 heavy (non-hydrogen) atoms. The summed E-state index contributed by atoms with van der Waals surface area (Å²) in [6.45, 7) is 5.02. The second-order valence-corrected chi connectivity index (χ2v) is 5.21. The third-order valence-corrected chi connectivity index (χ3v) is 3.55. The molecule has 1 nitrogen and oxygen atoms in total. The minimum Gasteiger partial charge on any atom is -0.396 e. The first-order chi connectivity index (χ1) is 7.81. The van der Waals surface area contributed by atoms with Crippen molar-refractivity contribution in [2.75, 3.05) is 6.61 Å². The maximum absolute atomic E-state index is 8.63. The van der Waals surface area contributed by atoms with Crippen molar-refractivity contribution >= 4 is 0 Å². The second kappa shape index (κ2) is 13.0. The molecule has 0 fully saturated rings. The number of hydrogen-bond acceptors (Lipinski definition) is 1. The van der Waals surface area contributed by atoms with E-state index in [-0.39, 0.29) is 0 Å². The first-order valence-electron chi connectivity index (χ1n) is 7.42. The van der Waals surface area contributed by atoms with Crippen LogP contribution in [0.5, 0.6) is 0 Å². The fourth-order valence-corrected chi connectivity index (χ4v) is 2.05. The molecule has 0 aromatic heterocycles. The molecule has 1 N–H and O–H groups in total. The zero-order chi connectivity index (χ0) is 12.1. The predicted molar refractivity (Wildman–Crippen MR) is 72.7 cm³/mol. The molecule has 0 amide bonds. The van der Waals surface area contributed by atoms with Crippen LogP contribution in [0.1, 0.15) is 84.5 Å². The van der Waals surface area contributed by atoms with Gasteiger partial charge in [-0.05, 0) is 12.3 Å². The molecule has 0 aliphatic heterocycles. The van der Waals surface area contributed by atoms with Crippen LogP contribution in [0.4, 0.5) is 0 Å². The normalized spacial score (nSPS) is 12.9. The van der Waals surface area contributed by atoms with Crippen molar-refractivity contribution in [1.29, 1.82) is 0 Å². The molecule has 0 heterocycles. The van der Waals surface area contributed by atoms with Crippen LogP contribution in [0.2, 0.25) is 0 Å². The van der Waals surface area contributed by atoms with Crippen LogP contribution in [-0.2, 0) is 0 Å². The van der Waals surface area contributed by atoms with Gasteiger partial charge in [0.15, 0.2) is 0 Å². The number of hydrogen-bond donors (Lipinski definition) is 1. The van der Waals surface area contributed by atoms with Gasteiger partial charge in [0.2, 0.25) is 0 Å². The molecule has 1 atom stereocenters. The minimum absolute atomic E-state index is 0.371. The van der Waals surface area contributed by atoms with E-state index in [1.165, 1.54) is 64.2 Å². The smallest absolute Gasteiger partial charge is 0.0431 e. The lowest BCUT2D eigenvalue weighted by atomic mass is 9.99. The number of unbranched alkanes of at least 4 members (excludes halogenated alkanes) is 8. The fourth-order valence-electron chi connectivity index (χ4n) is 2.05. The van der Waals surface area contributed by atoms with E-state index < -0.39 is 0 Å². The summed E-state index contributed by atoms with van der Waals surface area (Å²) in [6, 6.07) is 0. The first-order valence-corrected chi connectivity index (χ1v) is 7.42. The Kier molecular flexibility index (Phi) is 13.0. The van der Waals surface area contributed by atoms with E-state index >= 15 is 0 Å². The van der Waals surface area contributed by atoms with E-state index in [0.717, 1.165) is 12.3 Å². The zero-order valence-corrected chi connectivity index (χ0v) is 11.5. The lowest BCUT2D eigenvalue weighted by Crippen LogP contribution is -1.91. The van der Waals surface area contributed by atoms with Gasteiger partial charge in [-0.2, -0.15) is 0 Å². The van der Waals surface area contributed by atoms with Crippen molar-refractivity contribution < 1.29 is 5.11 Å². The summed E-state index contributed by atoms with van der Waals surface area (Å²) in [5, 5.41) is 8.63. The number of aliphatic hydroxyl groups is 1. The SMILES string of the molecule is CCC(C)CCCCCCCCCCCO. The van der Waals surface area contributed by atoms with E-state index in [2.05, 4.69) is 13.8 Å². The molecule has 0 radical (unpaired) electrons. The van der Waals surface area contributed by atoms with Crippen LogP contribution < -0.4 is 0 Å². The molecule has 1 heteroatoms. The van der Waals surface area contributed by atoms with Crippen molar-refractivity contribution in [3.05, 3.63) is 0 Å². The Bertz CT molecular complexity index is 123. The Labute approximate surface area is 103 Å². The zero-order valence-electron chi connectivity index (χ0n) is 11.5. The molecule has 0 bridgehead atoms. The quantitative estimate of drug-likeness (QED) is 0.470. The summed E-state index contributed by atoms with van der Waals surface area (Å²) in [5.74, 6) is 0.929. The van der Waals surface area contributed by atoms with Gasteiger partial charge in [-0.1, -0.05) is 78.1 Å². The van der Waals surface area contributed by atoms with Gasteiger partial charge in [-0.15, -0.1) is 0 Å². The van der Waals surface area contributed by atoms with Gasteiger partial charge in [-0.3, -0.25) is 0 Å². The molecule has 98 valence electrons. The Morgan fingerprint density at radius 3 is 1.62 bits per heavy atom. The first kappa shape index (κ1) is 16.0. The van der Waals surface area contributed by atoms with Gasteiger partial charge in [0, 0.05) is 6.61 Å². The van der Waals surface area contributed by atoms with E-state index in [9.17, 15) is 0 Å². The van der Waals surface area contributed by atoms with Gasteiger partial charge in [0.05, 0.1) is 0 Å². The van der Waals surface area contributed by atoms with Gasteiger partial charge < -0.3 is 5.11 Å². The molecule has 0 saturated heterocycles. The molecule has 0 aliphatic rings. The Hall–Kier alpha value is -0.0400. The molecule has 0 spiro atoms. The number of rotatable bonds is 12. The highest BCUT2D eigenvalue weighted by Crippen LogP contribution is 2.14. The Morgan fingerprint density at radius 1 is 0.750 bits per heavy atom. The van der Waals surface area contributed by atoms with Gasteiger partial charge in [0.1, 0.15) is 0 Å². The molecular formula is C15H32O. The predicted octanol–water partition coefficient (Wildman–Crippen LogP) is 4.93. The van der Waals surface area contributed by atoms with E-state index in [4.69, 9.17) is 5.11 Å². The third kappa shape index (κ3) is 12.0. The summed E-state index contributed by atoms with van der Waals surface area (Å²) >= 11 is 0. The molecular weight excluding hydrogens is 196 g/mol. The van der Waals surface area contributed by atoms with Crippen LogP contribution in [-0.4, -0.2) is 11.7 Å². The molecule has 0 aliphatic carbocycles. The van der Waals surface area contributed by atoms with Crippen molar-refractivity contribution in [2.24, 2.45) is 5.92 Å². The highest BCUT2D eigenvalue weighted by atomic mass is 16.2. The van der Waals surface area contributed by atoms with Crippen molar-refractivity contribution in [3.63, 3.8) is 0 Å². The van der Waals surface area contributed by atoms with Crippen molar-refractivity contribution in [3.8, 4) is 0 Å². The Morgan fingerprint density at radius 2 is 1.19 bits per heavy atom. The summed E-state index contributed by atoms with van der Waals surface area (Å²) < 4.78 is 0. The lowest BCUT2D eigenvalue weighted by molar-refractivity contribution is 0.282. The van der Waals surface area contributed by atoms with Crippen molar-refractivity contribution in [2.45, 2.75) is 84.5 Å². The molecule has 0 rings (SSSR count). The molecule has 1 unspecified atom stereocenters. The molecule has 0 saturated carbocycles. The van der Waals surface area contributed by atoms with Crippen LogP contribution in [0.3, 0.4) is 0 Å². The average Bonchev–Trinajstić information content (AvgIpc) is 2.31. The summed E-state index contributed by atoms with van der Waals surface area (Å²) in [6.07, 6.45) is 14.8. The van der Waals surface area contributed by atoms with E-state index in [0.29, 0.717) is 6.61 Å². The van der Waals surface area contributed by atoms with Crippen LogP contribution in [0.25, 0.3) is 0 Å². The molecule has 0 aromatic carbocycles. The monoisotopic (exact) mass is 228 g/mol. The maximum atomic E-state index is 8.63. The van der Waals surface area contributed by atoms with Gasteiger partial charge >= 0.3 is 0 Å². The maximum Gasteiger partial charge on any atom is 0.0431 e. The minimum atomic E-state index is 0.371. The summed E-state index contributed by atoms with van der Waals surface area (Å²) in [7, 11) is 0. The van der Waals surface area contributed by atoms with Gasteiger partial charge in [-0.25, -0.2) is 0 Å². The third-order valence-electron chi connectivity index (χ3n) is 3.55. The van der Waals surface area contributed by atoms with E-state index in [1.54, 1.807) is 0 Å². The molecule has 0 aromatic rings. The highest BCUT2D eigenvalue weighted by Gasteiger charge is 1.98. The second-order valence-electron chi connectivity index (χ2n) is 5.21. The topological polar surface area (TPSA) is 20.2 Å². The largest absolute Gasteiger partial charge is 0.396 e. The average molecular weight is 228 g/mol. The fraction of sp³-hybridized carbons (Fsp3) is 1.00.